The summed E-state index contributed by atoms with van der Waals surface area (Å²) >= 11 is 0. The molecule has 202 valence electrons. The van der Waals surface area contributed by atoms with Crippen molar-refractivity contribution in [3.8, 4) is 0 Å². The standard InChI is InChI=1S/C27H36FN3O6/c1-4-36-26(35)20-9-13-29(14-10-20)25(34)22-17-37-27(11-15-30(16-12-27)23(32)18(2)3)31(22)24(33)19-5-7-21(28)8-6-19/h5-8,18,20,22H,4,9-17H2,1-3H3/t22-/m1/s1. The van der Waals surface area contributed by atoms with Gasteiger partial charge < -0.3 is 19.3 Å². The highest BCUT2D eigenvalue weighted by Crippen LogP contribution is 2.39. The van der Waals surface area contributed by atoms with Gasteiger partial charge in [0.1, 0.15) is 17.6 Å². The van der Waals surface area contributed by atoms with Crippen LogP contribution >= 0.6 is 0 Å². The molecule has 10 heteroatoms. The lowest BCUT2D eigenvalue weighted by atomic mass is 9.94. The number of esters is 1. The van der Waals surface area contributed by atoms with E-state index in [2.05, 4.69) is 0 Å². The summed E-state index contributed by atoms with van der Waals surface area (Å²) in [6.07, 6.45) is 1.77. The fourth-order valence-electron chi connectivity index (χ4n) is 5.54. The first kappa shape index (κ1) is 27.0. The number of carbonyl (C=O) groups excluding carboxylic acids is 4. The molecule has 9 nitrogen and oxygen atoms in total. The van der Waals surface area contributed by atoms with Gasteiger partial charge in [-0.05, 0) is 44.0 Å². The molecule has 3 fully saturated rings. The zero-order valence-electron chi connectivity index (χ0n) is 21.8. The average molecular weight is 518 g/mol. The molecule has 1 aromatic carbocycles. The Bertz CT molecular complexity index is 1010. The van der Waals surface area contributed by atoms with Gasteiger partial charge in [0.25, 0.3) is 5.91 Å². The summed E-state index contributed by atoms with van der Waals surface area (Å²) in [5, 5.41) is 0. The summed E-state index contributed by atoms with van der Waals surface area (Å²) in [6, 6.07) is 4.42. The molecule has 4 rings (SSSR count). The molecule has 0 N–H and O–H groups in total. The SMILES string of the molecule is CCOC(=O)C1CCN(C(=O)[C@H]2COC3(CCN(C(=O)C(C)C)CC3)N2C(=O)c2ccc(F)cc2)CC1. The van der Waals surface area contributed by atoms with Gasteiger partial charge in [0.15, 0.2) is 0 Å². The molecule has 0 unspecified atom stereocenters. The second kappa shape index (κ2) is 11.2. The Morgan fingerprint density at radius 1 is 1.03 bits per heavy atom. The van der Waals surface area contributed by atoms with E-state index in [4.69, 9.17) is 9.47 Å². The smallest absolute Gasteiger partial charge is 0.309 e. The molecule has 1 aromatic rings. The number of amides is 3. The first-order valence-electron chi connectivity index (χ1n) is 13.1. The highest BCUT2D eigenvalue weighted by molar-refractivity contribution is 5.98. The zero-order chi connectivity index (χ0) is 26.7. The number of benzene rings is 1. The van der Waals surface area contributed by atoms with Crippen molar-refractivity contribution in [2.75, 3.05) is 39.4 Å². The van der Waals surface area contributed by atoms with Crippen LogP contribution in [-0.4, -0.2) is 89.6 Å². The van der Waals surface area contributed by atoms with Crippen LogP contribution in [0.4, 0.5) is 4.39 Å². The van der Waals surface area contributed by atoms with Gasteiger partial charge in [-0.1, -0.05) is 13.8 Å². The van der Waals surface area contributed by atoms with Crippen LogP contribution < -0.4 is 0 Å². The molecule has 0 aliphatic carbocycles. The molecular formula is C27H36FN3O6. The zero-order valence-corrected chi connectivity index (χ0v) is 21.8. The predicted octanol–water partition coefficient (Wildman–Crippen LogP) is 2.44. The average Bonchev–Trinajstić information content (AvgIpc) is 3.26. The summed E-state index contributed by atoms with van der Waals surface area (Å²) in [5.41, 5.74) is -0.756. The minimum absolute atomic E-state index is 0.0429. The molecule has 3 amide bonds. The van der Waals surface area contributed by atoms with Crippen LogP contribution in [0.5, 0.6) is 0 Å². The minimum atomic E-state index is -1.02. The quantitative estimate of drug-likeness (QED) is 0.557. The highest BCUT2D eigenvalue weighted by Gasteiger charge is 2.55. The van der Waals surface area contributed by atoms with Crippen molar-refractivity contribution in [1.29, 1.82) is 0 Å². The summed E-state index contributed by atoms with van der Waals surface area (Å²) in [5.74, 6) is -1.66. The molecule has 37 heavy (non-hydrogen) atoms. The molecule has 0 bridgehead atoms. The molecule has 3 heterocycles. The molecular weight excluding hydrogens is 481 g/mol. The minimum Gasteiger partial charge on any atom is -0.466 e. The Hall–Kier alpha value is -3.01. The summed E-state index contributed by atoms with van der Waals surface area (Å²) in [7, 11) is 0. The number of nitrogens with zero attached hydrogens (tertiary/aromatic N) is 3. The van der Waals surface area contributed by atoms with Crippen LogP contribution in [0, 0.1) is 17.7 Å². The van der Waals surface area contributed by atoms with Gasteiger partial charge in [0, 0.05) is 50.5 Å². The van der Waals surface area contributed by atoms with Crippen LogP contribution in [0.2, 0.25) is 0 Å². The maximum absolute atomic E-state index is 13.8. The van der Waals surface area contributed by atoms with E-state index in [1.54, 1.807) is 16.7 Å². The summed E-state index contributed by atoms with van der Waals surface area (Å²) in [6.45, 7) is 7.43. The summed E-state index contributed by atoms with van der Waals surface area (Å²) in [4.78, 5) is 57.1. The van der Waals surface area contributed by atoms with E-state index < -0.39 is 23.5 Å². The van der Waals surface area contributed by atoms with Crippen molar-refractivity contribution in [2.24, 2.45) is 11.8 Å². The predicted molar refractivity (Wildman–Crippen MR) is 132 cm³/mol. The highest BCUT2D eigenvalue weighted by atomic mass is 19.1. The number of hydrogen-bond donors (Lipinski definition) is 0. The third-order valence-corrected chi connectivity index (χ3v) is 7.63. The van der Waals surface area contributed by atoms with Gasteiger partial charge in [-0.2, -0.15) is 0 Å². The third kappa shape index (κ3) is 5.49. The van der Waals surface area contributed by atoms with E-state index in [1.807, 2.05) is 13.8 Å². The molecule has 1 spiro atoms. The van der Waals surface area contributed by atoms with Crippen molar-refractivity contribution < 1.29 is 33.0 Å². The maximum atomic E-state index is 13.8. The lowest BCUT2D eigenvalue weighted by Gasteiger charge is -2.45. The number of rotatable bonds is 5. The topological polar surface area (TPSA) is 96.5 Å². The Morgan fingerprint density at radius 2 is 1.65 bits per heavy atom. The van der Waals surface area contributed by atoms with Crippen molar-refractivity contribution in [1.82, 2.24) is 14.7 Å². The maximum Gasteiger partial charge on any atom is 0.309 e. The van der Waals surface area contributed by atoms with Crippen molar-refractivity contribution in [3.05, 3.63) is 35.6 Å². The molecule has 3 saturated heterocycles. The fraction of sp³-hybridized carbons (Fsp3) is 0.630. The molecule has 3 aliphatic heterocycles. The lowest BCUT2D eigenvalue weighted by Crippen LogP contribution is -2.60. The monoisotopic (exact) mass is 517 g/mol. The van der Waals surface area contributed by atoms with E-state index in [-0.39, 0.29) is 41.8 Å². The molecule has 3 aliphatic rings. The van der Waals surface area contributed by atoms with Crippen LogP contribution in [-0.2, 0) is 23.9 Å². The van der Waals surface area contributed by atoms with Gasteiger partial charge in [0.05, 0.1) is 19.1 Å². The largest absolute Gasteiger partial charge is 0.466 e. The van der Waals surface area contributed by atoms with E-state index in [0.717, 1.165) is 0 Å². The van der Waals surface area contributed by atoms with Crippen molar-refractivity contribution in [3.63, 3.8) is 0 Å². The van der Waals surface area contributed by atoms with E-state index in [1.165, 1.54) is 29.2 Å². The third-order valence-electron chi connectivity index (χ3n) is 7.63. The van der Waals surface area contributed by atoms with Crippen LogP contribution in [0.25, 0.3) is 0 Å². The van der Waals surface area contributed by atoms with Gasteiger partial charge >= 0.3 is 5.97 Å². The number of hydrogen-bond acceptors (Lipinski definition) is 6. The van der Waals surface area contributed by atoms with Gasteiger partial charge in [-0.3, -0.25) is 24.1 Å². The van der Waals surface area contributed by atoms with Crippen LogP contribution in [0.15, 0.2) is 24.3 Å². The number of ether oxygens (including phenoxy) is 2. The van der Waals surface area contributed by atoms with Gasteiger partial charge in [0.2, 0.25) is 11.8 Å². The molecule has 1 atom stereocenters. The van der Waals surface area contributed by atoms with Crippen molar-refractivity contribution in [2.45, 2.75) is 58.2 Å². The Morgan fingerprint density at radius 3 is 2.22 bits per heavy atom. The lowest BCUT2D eigenvalue weighted by molar-refractivity contribution is -0.152. The van der Waals surface area contributed by atoms with E-state index in [9.17, 15) is 23.6 Å². The number of likely N-dealkylation sites (tertiary alicyclic amines) is 2. The Balaban J connectivity index is 1.54. The van der Waals surface area contributed by atoms with E-state index in [0.29, 0.717) is 58.5 Å². The number of piperidine rings is 2. The first-order chi connectivity index (χ1) is 17.7. The number of halogens is 1. The Labute approximate surface area is 216 Å². The van der Waals surface area contributed by atoms with E-state index >= 15 is 0 Å². The Kier molecular flexibility index (Phi) is 8.16. The van der Waals surface area contributed by atoms with Crippen LogP contribution in [0.1, 0.15) is 56.8 Å². The van der Waals surface area contributed by atoms with Crippen molar-refractivity contribution >= 4 is 23.7 Å². The molecule has 0 aromatic heterocycles. The van der Waals surface area contributed by atoms with Crippen LogP contribution in [0.3, 0.4) is 0 Å². The fourth-order valence-corrected chi connectivity index (χ4v) is 5.54. The molecule has 0 radical (unpaired) electrons. The normalized spacial score (nSPS) is 22.0. The molecule has 0 saturated carbocycles. The second-order valence-corrected chi connectivity index (χ2v) is 10.3. The second-order valence-electron chi connectivity index (χ2n) is 10.3. The van der Waals surface area contributed by atoms with Gasteiger partial charge in [-0.25, -0.2) is 4.39 Å². The summed E-state index contributed by atoms with van der Waals surface area (Å²) < 4.78 is 24.9. The first-order valence-corrected chi connectivity index (χ1v) is 13.1. The number of carbonyl (C=O) groups is 4. The van der Waals surface area contributed by atoms with Gasteiger partial charge in [-0.15, -0.1) is 0 Å².